The Hall–Kier alpha value is -2.68. The highest BCUT2D eigenvalue weighted by Crippen LogP contribution is 2.22. The molecular weight excluding hydrogens is 282 g/mol. The van der Waals surface area contributed by atoms with Gasteiger partial charge in [0.05, 0.1) is 17.1 Å². The van der Waals surface area contributed by atoms with Crippen molar-refractivity contribution >= 4 is 22.8 Å². The van der Waals surface area contributed by atoms with E-state index in [1.807, 2.05) is 6.07 Å². The van der Waals surface area contributed by atoms with Crippen LogP contribution in [-0.2, 0) is 4.74 Å². The average Bonchev–Trinajstić information content (AvgIpc) is 2.83. The third-order valence-electron chi connectivity index (χ3n) is 2.96. The van der Waals surface area contributed by atoms with Crippen LogP contribution in [-0.4, -0.2) is 27.3 Å². The smallest absolute Gasteiger partial charge is 0.435 e. The number of ether oxygens (including phenoxy) is 1. The van der Waals surface area contributed by atoms with E-state index in [0.29, 0.717) is 16.5 Å². The zero-order chi connectivity index (χ0) is 16.5. The number of hydrogen-bond donors (Lipinski definition) is 0. The molecule has 1 aromatic heterocycles. The summed E-state index contributed by atoms with van der Waals surface area (Å²) < 4.78 is 6.35. The fourth-order valence-electron chi connectivity index (χ4n) is 2.00. The van der Waals surface area contributed by atoms with E-state index in [1.54, 1.807) is 39.8 Å². The molecule has 0 N–H and O–H groups in total. The molecule has 6 heteroatoms. The van der Waals surface area contributed by atoms with Crippen molar-refractivity contribution in [1.82, 2.24) is 9.78 Å². The maximum absolute atomic E-state index is 12.3. The number of nitriles is 1. The maximum Gasteiger partial charge on any atom is 0.435 e. The van der Waals surface area contributed by atoms with Gasteiger partial charge in [0.2, 0.25) is 0 Å². The fraction of sp³-hybridized carbons (Fsp3) is 0.375. The van der Waals surface area contributed by atoms with Crippen LogP contribution in [0.1, 0.15) is 50.2 Å². The molecule has 0 spiro atoms. The first kappa shape index (κ1) is 15.7. The number of rotatable bonds is 2. The van der Waals surface area contributed by atoms with Crippen molar-refractivity contribution < 1.29 is 14.3 Å². The van der Waals surface area contributed by atoms with Crippen LogP contribution < -0.4 is 0 Å². The van der Waals surface area contributed by atoms with E-state index in [2.05, 4.69) is 5.10 Å². The lowest BCUT2D eigenvalue weighted by Crippen LogP contribution is -2.27. The van der Waals surface area contributed by atoms with Crippen molar-refractivity contribution in [3.8, 4) is 6.07 Å². The summed E-state index contributed by atoms with van der Waals surface area (Å²) in [5, 5.41) is 13.7. The predicted octanol–water partition coefficient (Wildman–Crippen LogP) is 3.28. The van der Waals surface area contributed by atoms with E-state index >= 15 is 0 Å². The van der Waals surface area contributed by atoms with Crippen LogP contribution in [0, 0.1) is 11.3 Å². The molecule has 0 aliphatic carbocycles. The Labute approximate surface area is 128 Å². The molecule has 0 radical (unpaired) electrons. The molecule has 0 amide bonds. The second-order valence-corrected chi connectivity index (χ2v) is 5.86. The lowest BCUT2D eigenvalue weighted by atomic mass is 10.1. The van der Waals surface area contributed by atoms with Gasteiger partial charge in [-0.15, -0.1) is 0 Å². The Morgan fingerprint density at radius 3 is 2.59 bits per heavy atom. The third-order valence-corrected chi connectivity index (χ3v) is 2.96. The number of benzene rings is 1. The molecule has 0 aliphatic rings. The normalized spacial score (nSPS) is 11.2. The standard InChI is InChI=1S/C16H17N3O3/c1-5-13(20)14-11-7-6-10(9-17)8-12(11)19(18-14)15(21)22-16(2,3)4/h6-8H,5H2,1-4H3. The van der Waals surface area contributed by atoms with Crippen molar-refractivity contribution in [2.24, 2.45) is 0 Å². The highest BCUT2D eigenvalue weighted by molar-refractivity contribution is 6.07. The van der Waals surface area contributed by atoms with Crippen LogP contribution in [0.2, 0.25) is 0 Å². The summed E-state index contributed by atoms with van der Waals surface area (Å²) in [5.74, 6) is -0.169. The summed E-state index contributed by atoms with van der Waals surface area (Å²) >= 11 is 0. The average molecular weight is 299 g/mol. The lowest BCUT2D eigenvalue weighted by molar-refractivity contribution is 0.0522. The van der Waals surface area contributed by atoms with Gasteiger partial charge in [0.25, 0.3) is 0 Å². The Bertz CT molecular complexity index is 791. The highest BCUT2D eigenvalue weighted by Gasteiger charge is 2.24. The number of aromatic nitrogens is 2. The Morgan fingerprint density at radius 1 is 1.36 bits per heavy atom. The minimum atomic E-state index is -0.683. The van der Waals surface area contributed by atoms with Gasteiger partial charge < -0.3 is 4.74 Å². The number of hydrogen-bond acceptors (Lipinski definition) is 5. The number of Topliss-reactive ketones (excluding diaryl/α,β-unsaturated/α-hetero) is 1. The maximum atomic E-state index is 12.3. The second kappa shape index (κ2) is 5.60. The third kappa shape index (κ3) is 2.98. The molecular formula is C16H17N3O3. The van der Waals surface area contributed by atoms with Gasteiger partial charge in [-0.05, 0) is 39.0 Å². The van der Waals surface area contributed by atoms with Crippen LogP contribution in [0.25, 0.3) is 10.9 Å². The van der Waals surface area contributed by atoms with Crippen molar-refractivity contribution in [3.05, 3.63) is 29.5 Å². The summed E-state index contributed by atoms with van der Waals surface area (Å²) in [5.41, 5.74) is 0.308. The van der Waals surface area contributed by atoms with Crippen LogP contribution in [0.4, 0.5) is 4.79 Å². The van der Waals surface area contributed by atoms with Crippen molar-refractivity contribution in [1.29, 1.82) is 5.26 Å². The van der Waals surface area contributed by atoms with Gasteiger partial charge in [-0.1, -0.05) is 6.92 Å². The summed E-state index contributed by atoms with van der Waals surface area (Å²) in [4.78, 5) is 24.3. The monoisotopic (exact) mass is 299 g/mol. The van der Waals surface area contributed by atoms with Gasteiger partial charge in [0.15, 0.2) is 5.78 Å². The molecule has 114 valence electrons. The van der Waals surface area contributed by atoms with Crippen LogP contribution in [0.15, 0.2) is 18.2 Å². The van der Waals surface area contributed by atoms with E-state index < -0.39 is 11.7 Å². The molecule has 0 bridgehead atoms. The zero-order valence-corrected chi connectivity index (χ0v) is 13.0. The van der Waals surface area contributed by atoms with Crippen molar-refractivity contribution in [2.75, 3.05) is 0 Å². The number of fused-ring (bicyclic) bond motifs is 1. The summed E-state index contributed by atoms with van der Waals surface area (Å²) in [6.07, 6.45) is -0.400. The molecule has 1 heterocycles. The van der Waals surface area contributed by atoms with Gasteiger partial charge in [0, 0.05) is 11.8 Å². The molecule has 0 fully saturated rings. The lowest BCUT2D eigenvalue weighted by Gasteiger charge is -2.19. The number of ketones is 1. The van der Waals surface area contributed by atoms with Gasteiger partial charge in [-0.2, -0.15) is 15.0 Å². The zero-order valence-electron chi connectivity index (χ0n) is 13.0. The summed E-state index contributed by atoms with van der Waals surface area (Å²) in [7, 11) is 0. The SMILES string of the molecule is CCC(=O)c1nn(C(=O)OC(C)(C)C)c2cc(C#N)ccc12. The Balaban J connectivity index is 2.65. The van der Waals surface area contributed by atoms with Crippen LogP contribution in [0.5, 0.6) is 0 Å². The van der Waals surface area contributed by atoms with Gasteiger partial charge in [0.1, 0.15) is 11.3 Å². The topological polar surface area (TPSA) is 85.0 Å². The number of carbonyl (C=O) groups is 2. The molecule has 1 aromatic carbocycles. The van der Waals surface area contributed by atoms with E-state index in [0.717, 1.165) is 4.68 Å². The van der Waals surface area contributed by atoms with Crippen molar-refractivity contribution in [2.45, 2.75) is 39.7 Å². The molecule has 0 aliphatic heterocycles. The molecule has 0 saturated heterocycles. The van der Waals surface area contributed by atoms with Gasteiger partial charge in [-0.3, -0.25) is 4.79 Å². The largest absolute Gasteiger partial charge is 0.442 e. The molecule has 0 saturated carbocycles. The number of carbonyl (C=O) groups excluding carboxylic acids is 2. The van der Waals surface area contributed by atoms with Gasteiger partial charge in [-0.25, -0.2) is 4.79 Å². The number of nitrogens with zero attached hydrogens (tertiary/aromatic N) is 3. The first-order chi connectivity index (χ1) is 10.3. The summed E-state index contributed by atoms with van der Waals surface area (Å²) in [6, 6.07) is 6.76. The van der Waals surface area contributed by atoms with Crippen molar-refractivity contribution in [3.63, 3.8) is 0 Å². The Morgan fingerprint density at radius 2 is 2.05 bits per heavy atom. The van der Waals surface area contributed by atoms with E-state index in [9.17, 15) is 9.59 Å². The van der Waals surface area contributed by atoms with E-state index in [1.165, 1.54) is 6.07 Å². The van der Waals surface area contributed by atoms with Crippen LogP contribution in [0.3, 0.4) is 0 Å². The minimum Gasteiger partial charge on any atom is -0.442 e. The van der Waals surface area contributed by atoms with E-state index in [4.69, 9.17) is 10.00 Å². The van der Waals surface area contributed by atoms with E-state index in [-0.39, 0.29) is 17.9 Å². The van der Waals surface area contributed by atoms with Gasteiger partial charge >= 0.3 is 6.09 Å². The molecule has 6 nitrogen and oxygen atoms in total. The quantitative estimate of drug-likeness (QED) is 0.794. The predicted molar refractivity (Wildman–Crippen MR) is 80.7 cm³/mol. The molecule has 2 rings (SSSR count). The molecule has 0 atom stereocenters. The molecule has 22 heavy (non-hydrogen) atoms. The summed E-state index contributed by atoms with van der Waals surface area (Å²) in [6.45, 7) is 6.96. The minimum absolute atomic E-state index is 0.169. The first-order valence-corrected chi connectivity index (χ1v) is 6.96. The Kier molecular flexibility index (Phi) is 4.00. The first-order valence-electron chi connectivity index (χ1n) is 6.96. The highest BCUT2D eigenvalue weighted by atomic mass is 16.6. The molecule has 0 unspecified atom stereocenters. The van der Waals surface area contributed by atoms with Crippen LogP contribution >= 0.6 is 0 Å². The fourth-order valence-corrected chi connectivity index (χ4v) is 2.00. The second-order valence-electron chi connectivity index (χ2n) is 5.86. The molecule has 2 aromatic rings.